The molecule has 7 heteroatoms. The molecule has 0 unspecified atom stereocenters. The smallest absolute Gasteiger partial charge is 0.317 e. The zero-order valence-corrected chi connectivity index (χ0v) is 21.4. The molecule has 0 bridgehead atoms. The second kappa shape index (κ2) is 8.59. The van der Waals surface area contributed by atoms with E-state index in [1.165, 1.54) is 11.3 Å². The van der Waals surface area contributed by atoms with Gasteiger partial charge in [-0.3, -0.25) is 4.68 Å². The number of hydrogen-bond acceptors (Lipinski definition) is 4. The summed E-state index contributed by atoms with van der Waals surface area (Å²) in [5, 5.41) is 8.30. The highest BCUT2D eigenvalue weighted by atomic mass is 16.5. The Kier molecular flexibility index (Phi) is 5.87. The predicted molar refractivity (Wildman–Crippen MR) is 134 cm³/mol. The molecule has 1 aromatic heterocycles. The molecule has 2 aromatic rings. The molecule has 7 nitrogen and oxygen atoms in total. The number of para-hydroxylation sites is 1. The summed E-state index contributed by atoms with van der Waals surface area (Å²) in [5.41, 5.74) is 4.31. The van der Waals surface area contributed by atoms with Crippen molar-refractivity contribution in [2.24, 2.45) is 0 Å². The molecular formula is C27H39N5O2. The van der Waals surface area contributed by atoms with Crippen molar-refractivity contribution in [3.05, 3.63) is 35.5 Å². The van der Waals surface area contributed by atoms with Crippen molar-refractivity contribution >= 4 is 6.03 Å². The molecule has 3 aliphatic heterocycles. The SMILES string of the molecule is CCCNC(=O)N1CCC2(CC1)Oc1ccccc1-c1nn([C@@H]3CCN(C)C(C)(C)C3)c(C)c12. The van der Waals surface area contributed by atoms with Crippen molar-refractivity contribution in [2.75, 3.05) is 33.2 Å². The third-order valence-corrected chi connectivity index (χ3v) is 8.35. The van der Waals surface area contributed by atoms with Gasteiger partial charge in [0.15, 0.2) is 0 Å². The maximum Gasteiger partial charge on any atom is 0.317 e. The average Bonchev–Trinajstić information content (AvgIpc) is 3.18. The van der Waals surface area contributed by atoms with Crippen molar-refractivity contribution in [1.29, 1.82) is 0 Å². The van der Waals surface area contributed by atoms with E-state index < -0.39 is 5.60 Å². The van der Waals surface area contributed by atoms with Gasteiger partial charge in [0.05, 0.1) is 6.04 Å². The zero-order chi connectivity index (χ0) is 24.1. The Balaban J connectivity index is 1.50. The summed E-state index contributed by atoms with van der Waals surface area (Å²) in [5.74, 6) is 0.909. The molecule has 1 N–H and O–H groups in total. The Morgan fingerprint density at radius 1 is 1.21 bits per heavy atom. The number of urea groups is 1. The van der Waals surface area contributed by atoms with Crippen LogP contribution in [0.15, 0.2) is 24.3 Å². The Labute approximate surface area is 203 Å². The maximum atomic E-state index is 12.6. The topological polar surface area (TPSA) is 62.6 Å². The van der Waals surface area contributed by atoms with E-state index in [1.54, 1.807) is 0 Å². The van der Waals surface area contributed by atoms with Gasteiger partial charge in [-0.15, -0.1) is 0 Å². The molecule has 1 spiro atoms. The van der Waals surface area contributed by atoms with Crippen LogP contribution < -0.4 is 10.1 Å². The fourth-order valence-corrected chi connectivity index (χ4v) is 6.08. The molecule has 1 aromatic carbocycles. The van der Waals surface area contributed by atoms with Gasteiger partial charge in [0, 0.05) is 61.4 Å². The standard InChI is InChI=1S/C27H39N5O2/c1-6-14-28-25(33)31-16-12-27(13-17-31)23-19(2)32(20-11-15-30(5)26(3,4)18-20)29-24(23)21-9-7-8-10-22(21)34-27/h7-10,20H,6,11-18H2,1-5H3,(H,28,33)/t20-/m1/s1. The first kappa shape index (κ1) is 23.2. The minimum absolute atomic E-state index is 0.0362. The minimum atomic E-state index is -0.436. The summed E-state index contributed by atoms with van der Waals surface area (Å²) < 4.78 is 9.11. The third-order valence-electron chi connectivity index (χ3n) is 8.35. The van der Waals surface area contributed by atoms with E-state index >= 15 is 0 Å². The van der Waals surface area contributed by atoms with E-state index in [-0.39, 0.29) is 11.6 Å². The molecule has 0 radical (unpaired) electrons. The number of benzene rings is 1. The van der Waals surface area contributed by atoms with Crippen molar-refractivity contribution in [2.45, 2.75) is 77.0 Å². The van der Waals surface area contributed by atoms with Crippen molar-refractivity contribution in [3.8, 4) is 17.0 Å². The quantitative estimate of drug-likeness (QED) is 0.713. The first-order valence-corrected chi connectivity index (χ1v) is 12.9. The minimum Gasteiger partial charge on any atom is -0.482 e. The van der Waals surface area contributed by atoms with E-state index in [9.17, 15) is 4.79 Å². The summed E-state index contributed by atoms with van der Waals surface area (Å²) in [6.07, 6.45) is 4.67. The highest BCUT2D eigenvalue weighted by molar-refractivity contribution is 5.76. The van der Waals surface area contributed by atoms with Gasteiger partial charge >= 0.3 is 6.03 Å². The number of nitrogens with one attached hydrogen (secondary N) is 1. The van der Waals surface area contributed by atoms with Crippen LogP contribution in [0.4, 0.5) is 4.79 Å². The van der Waals surface area contributed by atoms with Gasteiger partial charge in [-0.1, -0.05) is 19.1 Å². The number of carbonyl (C=O) groups excluding carboxylic acids is 1. The monoisotopic (exact) mass is 465 g/mol. The number of rotatable bonds is 3. The average molecular weight is 466 g/mol. The second-order valence-corrected chi connectivity index (χ2v) is 10.9. The Bertz CT molecular complexity index is 1070. The van der Waals surface area contributed by atoms with Gasteiger partial charge in [-0.05, 0) is 59.2 Å². The number of aromatic nitrogens is 2. The number of nitrogens with zero attached hydrogens (tertiary/aromatic N) is 4. The Morgan fingerprint density at radius 2 is 1.94 bits per heavy atom. The third kappa shape index (κ3) is 3.78. The molecule has 0 aliphatic carbocycles. The summed E-state index contributed by atoms with van der Waals surface area (Å²) >= 11 is 0. The molecule has 184 valence electrons. The van der Waals surface area contributed by atoms with E-state index in [2.05, 4.69) is 67.8 Å². The summed E-state index contributed by atoms with van der Waals surface area (Å²) in [6.45, 7) is 12.1. The van der Waals surface area contributed by atoms with Crippen LogP contribution in [-0.2, 0) is 5.60 Å². The lowest BCUT2D eigenvalue weighted by Gasteiger charge is -2.45. The van der Waals surface area contributed by atoms with Crippen LogP contribution in [0.25, 0.3) is 11.3 Å². The molecule has 4 heterocycles. The first-order chi connectivity index (χ1) is 16.3. The number of hydrogen-bond donors (Lipinski definition) is 1. The van der Waals surface area contributed by atoms with Gasteiger partial charge in [0.25, 0.3) is 0 Å². The van der Waals surface area contributed by atoms with Gasteiger partial charge in [0.2, 0.25) is 0 Å². The molecule has 0 saturated carbocycles. The fraction of sp³-hybridized carbons (Fsp3) is 0.630. The Morgan fingerprint density at radius 3 is 2.65 bits per heavy atom. The summed E-state index contributed by atoms with van der Waals surface area (Å²) in [4.78, 5) is 17.0. The first-order valence-electron chi connectivity index (χ1n) is 12.9. The van der Waals surface area contributed by atoms with Gasteiger partial charge < -0.3 is 19.9 Å². The molecule has 5 rings (SSSR count). The van der Waals surface area contributed by atoms with E-state index in [1.807, 2.05) is 11.0 Å². The highest BCUT2D eigenvalue weighted by Crippen LogP contribution is 2.51. The van der Waals surface area contributed by atoms with Crippen LogP contribution in [-0.4, -0.2) is 64.4 Å². The number of carbonyl (C=O) groups is 1. The van der Waals surface area contributed by atoms with Crippen molar-refractivity contribution < 1.29 is 9.53 Å². The Hall–Kier alpha value is -2.54. The normalized spacial score (nSPS) is 23.2. The summed E-state index contributed by atoms with van der Waals surface area (Å²) in [7, 11) is 2.22. The van der Waals surface area contributed by atoms with Crippen LogP contribution in [0.3, 0.4) is 0 Å². The highest BCUT2D eigenvalue weighted by Gasteiger charge is 2.48. The molecule has 34 heavy (non-hydrogen) atoms. The van der Waals surface area contributed by atoms with Gasteiger partial charge in [-0.2, -0.15) is 5.10 Å². The number of ether oxygens (including phenoxy) is 1. The lowest BCUT2D eigenvalue weighted by atomic mass is 9.79. The molecular weight excluding hydrogens is 426 g/mol. The molecule has 2 amide bonds. The van der Waals surface area contributed by atoms with E-state index in [0.29, 0.717) is 25.7 Å². The number of likely N-dealkylation sites (tertiary alicyclic amines) is 2. The number of piperidine rings is 2. The molecule has 3 aliphatic rings. The van der Waals surface area contributed by atoms with Crippen LogP contribution in [0.2, 0.25) is 0 Å². The predicted octanol–water partition coefficient (Wildman–Crippen LogP) is 4.71. The van der Waals surface area contributed by atoms with Crippen LogP contribution in [0, 0.1) is 6.92 Å². The maximum absolute atomic E-state index is 12.6. The van der Waals surface area contributed by atoms with Crippen LogP contribution in [0.5, 0.6) is 5.75 Å². The summed E-state index contributed by atoms with van der Waals surface area (Å²) in [6, 6.07) is 8.71. The lowest BCUT2D eigenvalue weighted by molar-refractivity contribution is 0.00441. The van der Waals surface area contributed by atoms with Gasteiger partial charge in [-0.25, -0.2) is 4.79 Å². The van der Waals surface area contributed by atoms with Crippen molar-refractivity contribution in [3.63, 3.8) is 0 Å². The molecule has 1 atom stereocenters. The largest absolute Gasteiger partial charge is 0.482 e. The second-order valence-electron chi connectivity index (χ2n) is 10.9. The fourth-order valence-electron chi connectivity index (χ4n) is 6.08. The number of fused-ring (bicyclic) bond motifs is 4. The van der Waals surface area contributed by atoms with E-state index in [0.717, 1.165) is 55.7 Å². The van der Waals surface area contributed by atoms with Crippen LogP contribution >= 0.6 is 0 Å². The van der Waals surface area contributed by atoms with Crippen LogP contribution in [0.1, 0.15) is 70.2 Å². The molecule has 2 fully saturated rings. The van der Waals surface area contributed by atoms with E-state index in [4.69, 9.17) is 9.84 Å². The number of amides is 2. The lowest BCUT2D eigenvalue weighted by Crippen LogP contribution is -2.51. The zero-order valence-electron chi connectivity index (χ0n) is 21.4. The van der Waals surface area contributed by atoms with Gasteiger partial charge in [0.1, 0.15) is 17.0 Å². The van der Waals surface area contributed by atoms with Crippen molar-refractivity contribution in [1.82, 2.24) is 24.9 Å². The molecule has 2 saturated heterocycles.